The second-order valence-corrected chi connectivity index (χ2v) is 5.18. The van der Waals surface area contributed by atoms with Crippen molar-refractivity contribution in [3.8, 4) is 11.5 Å². The van der Waals surface area contributed by atoms with Gasteiger partial charge in [0.15, 0.2) is 0 Å². The molecule has 1 N–H and O–H groups in total. The summed E-state index contributed by atoms with van der Waals surface area (Å²) in [5.41, 5.74) is 0.406. The Morgan fingerprint density at radius 1 is 1.19 bits per heavy atom. The van der Waals surface area contributed by atoms with Crippen LogP contribution in [0.25, 0.3) is 0 Å². The van der Waals surface area contributed by atoms with Crippen LogP contribution in [0.3, 0.4) is 0 Å². The molecule has 0 radical (unpaired) electrons. The number of halogens is 2. The normalized spacial score (nSPS) is 12.0. The van der Waals surface area contributed by atoms with E-state index in [1.807, 2.05) is 0 Å². The standard InChI is InChI=1S/C14H11Cl2NO4/c1-8(18)9-2-5-13(11(16)6-9)21-14-7-10(15)3-4-12(14)17(19)20/h2-8,18H,1H3. The molecular formula is C14H11Cl2NO4. The average Bonchev–Trinajstić information content (AvgIpc) is 2.40. The summed E-state index contributed by atoms with van der Waals surface area (Å²) < 4.78 is 5.48. The van der Waals surface area contributed by atoms with Gasteiger partial charge in [0.05, 0.1) is 16.0 Å². The van der Waals surface area contributed by atoms with E-state index in [0.29, 0.717) is 10.6 Å². The first-order chi connectivity index (χ1) is 9.88. The van der Waals surface area contributed by atoms with E-state index in [1.165, 1.54) is 30.3 Å². The molecule has 1 atom stereocenters. The maximum atomic E-state index is 11.0. The van der Waals surface area contributed by atoms with Gasteiger partial charge in [0.1, 0.15) is 5.75 Å². The molecule has 0 amide bonds. The summed E-state index contributed by atoms with van der Waals surface area (Å²) in [6.07, 6.45) is -0.669. The lowest BCUT2D eigenvalue weighted by atomic mass is 10.1. The predicted octanol–water partition coefficient (Wildman–Crippen LogP) is 4.75. The first kappa shape index (κ1) is 15.6. The van der Waals surface area contributed by atoms with Crippen molar-refractivity contribution >= 4 is 28.9 Å². The minimum absolute atomic E-state index is 0.000744. The molecular weight excluding hydrogens is 317 g/mol. The zero-order valence-electron chi connectivity index (χ0n) is 10.9. The number of ether oxygens (including phenoxy) is 1. The molecule has 2 aromatic carbocycles. The largest absolute Gasteiger partial charge is 0.449 e. The summed E-state index contributed by atoms with van der Waals surface area (Å²) in [6.45, 7) is 1.61. The summed E-state index contributed by atoms with van der Waals surface area (Å²) in [6, 6.07) is 8.72. The Hall–Kier alpha value is -1.82. The first-order valence-electron chi connectivity index (χ1n) is 5.98. The average molecular weight is 328 g/mol. The number of nitro benzene ring substituents is 1. The lowest BCUT2D eigenvalue weighted by molar-refractivity contribution is -0.385. The maximum absolute atomic E-state index is 11.0. The fourth-order valence-electron chi connectivity index (χ4n) is 1.70. The molecule has 0 aliphatic rings. The molecule has 0 aliphatic carbocycles. The Morgan fingerprint density at radius 3 is 2.48 bits per heavy atom. The molecule has 0 fully saturated rings. The molecule has 5 nitrogen and oxygen atoms in total. The van der Waals surface area contributed by atoms with Crippen LogP contribution < -0.4 is 4.74 Å². The Balaban J connectivity index is 2.38. The SMILES string of the molecule is CC(O)c1ccc(Oc2cc(Cl)ccc2[N+](=O)[O-])c(Cl)c1. The van der Waals surface area contributed by atoms with E-state index in [1.54, 1.807) is 13.0 Å². The monoisotopic (exact) mass is 327 g/mol. The number of hydrogen-bond acceptors (Lipinski definition) is 4. The Morgan fingerprint density at radius 2 is 1.90 bits per heavy atom. The van der Waals surface area contributed by atoms with Crippen molar-refractivity contribution in [2.75, 3.05) is 0 Å². The summed E-state index contributed by atoms with van der Waals surface area (Å²) in [7, 11) is 0. The van der Waals surface area contributed by atoms with Crippen LogP contribution in [-0.2, 0) is 0 Å². The van der Waals surface area contributed by atoms with Crippen molar-refractivity contribution in [3.63, 3.8) is 0 Å². The van der Waals surface area contributed by atoms with Crippen molar-refractivity contribution < 1.29 is 14.8 Å². The van der Waals surface area contributed by atoms with Gasteiger partial charge in [-0.1, -0.05) is 29.3 Å². The molecule has 0 aromatic heterocycles. The highest BCUT2D eigenvalue weighted by molar-refractivity contribution is 6.32. The third-order valence-corrected chi connectivity index (χ3v) is 3.31. The van der Waals surface area contributed by atoms with Crippen LogP contribution in [0.15, 0.2) is 36.4 Å². The van der Waals surface area contributed by atoms with E-state index >= 15 is 0 Å². The molecule has 21 heavy (non-hydrogen) atoms. The minimum atomic E-state index is -0.669. The van der Waals surface area contributed by atoms with Crippen LogP contribution in [0, 0.1) is 10.1 Å². The Kier molecular flexibility index (Phi) is 4.67. The smallest absolute Gasteiger partial charge is 0.311 e. The van der Waals surface area contributed by atoms with Gasteiger partial charge in [-0.05, 0) is 30.7 Å². The predicted molar refractivity (Wildman–Crippen MR) is 80.3 cm³/mol. The van der Waals surface area contributed by atoms with Gasteiger partial charge in [-0.3, -0.25) is 10.1 Å². The quantitative estimate of drug-likeness (QED) is 0.649. The summed E-state index contributed by atoms with van der Waals surface area (Å²) >= 11 is 11.9. The van der Waals surface area contributed by atoms with Crippen LogP contribution in [0.2, 0.25) is 10.0 Å². The van der Waals surface area contributed by atoms with Gasteiger partial charge < -0.3 is 9.84 Å². The van der Waals surface area contributed by atoms with Gasteiger partial charge in [-0.2, -0.15) is 0 Å². The van der Waals surface area contributed by atoms with Gasteiger partial charge in [-0.25, -0.2) is 0 Å². The summed E-state index contributed by atoms with van der Waals surface area (Å²) in [5.74, 6) is 0.241. The topological polar surface area (TPSA) is 72.6 Å². The van der Waals surface area contributed by atoms with Gasteiger partial charge >= 0.3 is 5.69 Å². The van der Waals surface area contributed by atoms with Crippen molar-refractivity contribution in [1.29, 1.82) is 0 Å². The first-order valence-corrected chi connectivity index (χ1v) is 6.73. The highest BCUT2D eigenvalue weighted by Crippen LogP contribution is 2.37. The number of nitro groups is 1. The molecule has 7 heteroatoms. The molecule has 0 spiro atoms. The molecule has 0 saturated carbocycles. The van der Waals surface area contributed by atoms with Crippen LogP contribution in [0.4, 0.5) is 5.69 Å². The van der Waals surface area contributed by atoms with Gasteiger partial charge in [0.2, 0.25) is 5.75 Å². The van der Waals surface area contributed by atoms with Crippen LogP contribution >= 0.6 is 23.2 Å². The van der Waals surface area contributed by atoms with Crippen molar-refractivity contribution in [3.05, 3.63) is 62.1 Å². The van der Waals surface area contributed by atoms with Crippen LogP contribution in [0.5, 0.6) is 11.5 Å². The Labute approximate surface area is 130 Å². The second kappa shape index (κ2) is 6.30. The van der Waals surface area contributed by atoms with E-state index in [-0.39, 0.29) is 22.2 Å². The molecule has 0 saturated heterocycles. The van der Waals surface area contributed by atoms with E-state index in [9.17, 15) is 15.2 Å². The summed E-state index contributed by atoms with van der Waals surface area (Å²) in [4.78, 5) is 10.4. The minimum Gasteiger partial charge on any atom is -0.449 e. The van der Waals surface area contributed by atoms with Gasteiger partial charge in [0, 0.05) is 17.2 Å². The molecule has 2 aromatic rings. The Bertz CT molecular complexity index is 689. The van der Waals surface area contributed by atoms with Crippen LogP contribution in [-0.4, -0.2) is 10.0 Å². The molecule has 110 valence electrons. The van der Waals surface area contributed by atoms with Gasteiger partial charge in [-0.15, -0.1) is 0 Å². The molecule has 2 rings (SSSR count). The van der Waals surface area contributed by atoms with Crippen molar-refractivity contribution in [1.82, 2.24) is 0 Å². The van der Waals surface area contributed by atoms with Gasteiger partial charge in [0.25, 0.3) is 0 Å². The van der Waals surface area contributed by atoms with E-state index in [0.717, 1.165) is 0 Å². The third kappa shape index (κ3) is 3.64. The van der Waals surface area contributed by atoms with Crippen LogP contribution in [0.1, 0.15) is 18.6 Å². The zero-order chi connectivity index (χ0) is 15.6. The maximum Gasteiger partial charge on any atom is 0.311 e. The summed E-state index contributed by atoms with van der Waals surface area (Å²) in [5, 5.41) is 21.0. The highest BCUT2D eigenvalue weighted by atomic mass is 35.5. The highest BCUT2D eigenvalue weighted by Gasteiger charge is 2.17. The number of nitrogens with zero attached hydrogens (tertiary/aromatic N) is 1. The number of aliphatic hydroxyl groups excluding tert-OH is 1. The van der Waals surface area contributed by atoms with E-state index < -0.39 is 11.0 Å². The van der Waals surface area contributed by atoms with Crippen molar-refractivity contribution in [2.45, 2.75) is 13.0 Å². The molecule has 1 unspecified atom stereocenters. The number of benzene rings is 2. The molecule has 0 aliphatic heterocycles. The van der Waals surface area contributed by atoms with E-state index in [2.05, 4.69) is 0 Å². The number of aliphatic hydroxyl groups is 1. The molecule has 0 heterocycles. The molecule has 0 bridgehead atoms. The zero-order valence-corrected chi connectivity index (χ0v) is 12.4. The van der Waals surface area contributed by atoms with Crippen molar-refractivity contribution in [2.24, 2.45) is 0 Å². The second-order valence-electron chi connectivity index (χ2n) is 4.34. The lowest BCUT2D eigenvalue weighted by Crippen LogP contribution is -1.95. The number of hydrogen-bond donors (Lipinski definition) is 1. The fraction of sp³-hybridized carbons (Fsp3) is 0.143. The number of rotatable bonds is 4. The lowest BCUT2D eigenvalue weighted by Gasteiger charge is -2.11. The van der Waals surface area contributed by atoms with E-state index in [4.69, 9.17) is 27.9 Å². The third-order valence-electron chi connectivity index (χ3n) is 2.78. The fourth-order valence-corrected chi connectivity index (χ4v) is 2.09.